The maximum Gasteiger partial charge on any atom is 0.254 e. The van der Waals surface area contributed by atoms with Gasteiger partial charge in [0.15, 0.2) is 5.82 Å². The number of carbonyl (C=O) groups is 1. The van der Waals surface area contributed by atoms with Crippen LogP contribution >= 0.6 is 0 Å². The lowest BCUT2D eigenvalue weighted by molar-refractivity contribution is 0.0671. The lowest BCUT2D eigenvalue weighted by atomic mass is 10.1. The lowest BCUT2D eigenvalue weighted by Crippen LogP contribution is -2.37. The molecule has 134 valence electrons. The number of nitrogens with zero attached hydrogens (tertiary/aromatic N) is 6. The van der Waals surface area contributed by atoms with Crippen molar-refractivity contribution in [2.24, 2.45) is 0 Å². The number of rotatable bonds is 6. The van der Waals surface area contributed by atoms with Gasteiger partial charge in [0.25, 0.3) is 5.91 Å². The molecule has 3 rings (SSSR count). The van der Waals surface area contributed by atoms with Gasteiger partial charge in [-0.3, -0.25) is 9.78 Å². The van der Waals surface area contributed by atoms with Crippen molar-refractivity contribution >= 4 is 5.91 Å². The number of benzene rings is 1. The van der Waals surface area contributed by atoms with E-state index in [1.807, 2.05) is 48.2 Å². The molecule has 0 radical (unpaired) electrons. The summed E-state index contributed by atoms with van der Waals surface area (Å²) in [5, 5.41) is 11.5. The average molecular weight is 350 g/mol. The summed E-state index contributed by atoms with van der Waals surface area (Å²) in [5.41, 5.74) is 2.39. The van der Waals surface area contributed by atoms with Gasteiger partial charge in [-0.05, 0) is 60.5 Å². The number of carbonyl (C=O) groups excluding carboxylic acids is 1. The van der Waals surface area contributed by atoms with Gasteiger partial charge in [-0.15, -0.1) is 5.10 Å². The third kappa shape index (κ3) is 3.77. The number of tetrazole rings is 1. The Labute approximate surface area is 152 Å². The molecule has 0 saturated carbocycles. The predicted octanol–water partition coefficient (Wildman–Crippen LogP) is 2.81. The Hall–Kier alpha value is -3.09. The molecule has 0 fully saturated rings. The van der Waals surface area contributed by atoms with E-state index in [0.29, 0.717) is 17.9 Å². The second kappa shape index (κ2) is 7.86. The standard InChI is InChI=1S/C19H22N6O/c1-4-14(2)24(13-16-7-6-10-20-12-16)19(26)17-8-5-9-18(11-17)25-15(3)21-22-23-25/h5-12,14H,4,13H2,1-3H3/t14-/m0/s1. The molecule has 0 aliphatic rings. The zero-order valence-electron chi connectivity index (χ0n) is 15.2. The molecule has 7 heteroatoms. The maximum absolute atomic E-state index is 13.2. The number of pyridine rings is 1. The van der Waals surface area contributed by atoms with Gasteiger partial charge >= 0.3 is 0 Å². The molecule has 1 amide bonds. The number of aryl methyl sites for hydroxylation is 1. The lowest BCUT2D eigenvalue weighted by Gasteiger charge is -2.29. The fraction of sp³-hybridized carbons (Fsp3) is 0.316. The van der Waals surface area contributed by atoms with Gasteiger partial charge in [0.1, 0.15) is 0 Å². The van der Waals surface area contributed by atoms with Crippen molar-refractivity contribution in [1.82, 2.24) is 30.1 Å². The summed E-state index contributed by atoms with van der Waals surface area (Å²) in [7, 11) is 0. The largest absolute Gasteiger partial charge is 0.332 e. The van der Waals surface area contributed by atoms with Crippen LogP contribution in [-0.2, 0) is 6.54 Å². The van der Waals surface area contributed by atoms with Crippen LogP contribution in [0, 0.1) is 6.92 Å². The van der Waals surface area contributed by atoms with E-state index in [4.69, 9.17) is 0 Å². The predicted molar refractivity (Wildman–Crippen MR) is 97.8 cm³/mol. The first-order valence-corrected chi connectivity index (χ1v) is 8.65. The van der Waals surface area contributed by atoms with Gasteiger partial charge in [0.2, 0.25) is 0 Å². The second-order valence-electron chi connectivity index (χ2n) is 6.24. The Bertz CT molecular complexity index is 877. The van der Waals surface area contributed by atoms with Crippen LogP contribution in [-0.4, -0.2) is 42.0 Å². The van der Waals surface area contributed by atoms with Crippen molar-refractivity contribution in [3.63, 3.8) is 0 Å². The average Bonchev–Trinajstić information content (AvgIpc) is 3.12. The van der Waals surface area contributed by atoms with Gasteiger partial charge in [-0.2, -0.15) is 4.68 Å². The molecule has 0 aliphatic heterocycles. The van der Waals surface area contributed by atoms with E-state index in [1.165, 1.54) is 0 Å². The van der Waals surface area contributed by atoms with Gasteiger partial charge < -0.3 is 4.90 Å². The smallest absolute Gasteiger partial charge is 0.254 e. The molecule has 0 spiro atoms. The summed E-state index contributed by atoms with van der Waals surface area (Å²) in [4.78, 5) is 19.2. The number of hydrogen-bond donors (Lipinski definition) is 0. The van der Waals surface area contributed by atoms with E-state index in [9.17, 15) is 4.79 Å². The third-order valence-corrected chi connectivity index (χ3v) is 4.42. The first kappa shape index (κ1) is 17.7. The van der Waals surface area contributed by atoms with Gasteiger partial charge in [-0.25, -0.2) is 0 Å². The van der Waals surface area contributed by atoms with E-state index in [1.54, 1.807) is 17.1 Å². The first-order chi connectivity index (χ1) is 12.6. The summed E-state index contributed by atoms with van der Waals surface area (Å²) in [6.45, 7) is 6.48. The highest BCUT2D eigenvalue weighted by atomic mass is 16.2. The highest BCUT2D eigenvalue weighted by Gasteiger charge is 2.21. The van der Waals surface area contributed by atoms with Crippen molar-refractivity contribution in [3.8, 4) is 5.69 Å². The van der Waals surface area contributed by atoms with Gasteiger partial charge in [-0.1, -0.05) is 19.1 Å². The molecule has 26 heavy (non-hydrogen) atoms. The Kier molecular flexibility index (Phi) is 5.36. The molecule has 2 aromatic heterocycles. The van der Waals surface area contributed by atoms with Crippen LogP contribution in [0.1, 0.15) is 42.0 Å². The fourth-order valence-corrected chi connectivity index (χ4v) is 2.74. The number of hydrogen-bond acceptors (Lipinski definition) is 5. The third-order valence-electron chi connectivity index (χ3n) is 4.42. The van der Waals surface area contributed by atoms with E-state index in [-0.39, 0.29) is 11.9 Å². The SMILES string of the molecule is CC[C@H](C)N(Cc1cccnc1)C(=O)c1cccc(-n2nnnc2C)c1. The van der Waals surface area contributed by atoms with Crippen LogP contribution < -0.4 is 0 Å². The van der Waals surface area contributed by atoms with Crippen LogP contribution in [0.2, 0.25) is 0 Å². The van der Waals surface area contributed by atoms with Crippen LogP contribution in [0.4, 0.5) is 0 Å². The molecule has 0 bridgehead atoms. The molecular weight excluding hydrogens is 328 g/mol. The van der Waals surface area contributed by atoms with Crippen LogP contribution in [0.25, 0.3) is 5.69 Å². The Morgan fingerprint density at radius 3 is 2.77 bits per heavy atom. The minimum Gasteiger partial charge on any atom is -0.332 e. The van der Waals surface area contributed by atoms with Crippen molar-refractivity contribution in [2.45, 2.75) is 39.8 Å². The zero-order valence-corrected chi connectivity index (χ0v) is 15.2. The summed E-state index contributed by atoms with van der Waals surface area (Å²) in [6.07, 6.45) is 4.40. The van der Waals surface area contributed by atoms with E-state index in [2.05, 4.69) is 34.4 Å². The molecule has 0 N–H and O–H groups in total. The topological polar surface area (TPSA) is 76.8 Å². The van der Waals surface area contributed by atoms with Crippen molar-refractivity contribution in [1.29, 1.82) is 0 Å². The Morgan fingerprint density at radius 1 is 1.27 bits per heavy atom. The van der Waals surface area contributed by atoms with Gasteiger partial charge in [0.05, 0.1) is 5.69 Å². The Morgan fingerprint density at radius 2 is 2.12 bits per heavy atom. The molecule has 0 aliphatic carbocycles. The number of aromatic nitrogens is 5. The minimum atomic E-state index is -0.0178. The van der Waals surface area contributed by atoms with Crippen LogP contribution in [0.15, 0.2) is 48.8 Å². The van der Waals surface area contributed by atoms with E-state index < -0.39 is 0 Å². The van der Waals surface area contributed by atoms with E-state index >= 15 is 0 Å². The normalized spacial score (nSPS) is 12.0. The van der Waals surface area contributed by atoms with Crippen LogP contribution in [0.3, 0.4) is 0 Å². The molecule has 3 aromatic rings. The molecule has 0 unspecified atom stereocenters. The summed E-state index contributed by atoms with van der Waals surface area (Å²) < 4.78 is 1.62. The highest BCUT2D eigenvalue weighted by Crippen LogP contribution is 2.17. The summed E-state index contributed by atoms with van der Waals surface area (Å²) >= 11 is 0. The summed E-state index contributed by atoms with van der Waals surface area (Å²) in [6, 6.07) is 11.4. The molecular formula is C19H22N6O. The molecule has 7 nitrogen and oxygen atoms in total. The maximum atomic E-state index is 13.2. The fourth-order valence-electron chi connectivity index (χ4n) is 2.74. The van der Waals surface area contributed by atoms with Crippen LogP contribution in [0.5, 0.6) is 0 Å². The number of amides is 1. The summed E-state index contributed by atoms with van der Waals surface area (Å²) in [5.74, 6) is 0.652. The molecule has 1 aromatic carbocycles. The second-order valence-corrected chi connectivity index (χ2v) is 6.24. The monoisotopic (exact) mass is 350 g/mol. The first-order valence-electron chi connectivity index (χ1n) is 8.65. The van der Waals surface area contributed by atoms with Gasteiger partial charge in [0, 0.05) is 30.5 Å². The molecule has 1 atom stereocenters. The zero-order chi connectivity index (χ0) is 18.5. The highest BCUT2D eigenvalue weighted by molar-refractivity contribution is 5.95. The Balaban J connectivity index is 1.90. The van der Waals surface area contributed by atoms with E-state index in [0.717, 1.165) is 17.7 Å². The minimum absolute atomic E-state index is 0.0178. The molecule has 2 heterocycles. The van der Waals surface area contributed by atoms with Crippen molar-refractivity contribution in [3.05, 3.63) is 65.7 Å². The van der Waals surface area contributed by atoms with Crippen molar-refractivity contribution < 1.29 is 4.79 Å². The quantitative estimate of drug-likeness (QED) is 0.683. The van der Waals surface area contributed by atoms with Crippen molar-refractivity contribution in [2.75, 3.05) is 0 Å². The molecule has 0 saturated heterocycles.